The highest BCUT2D eigenvalue weighted by Gasteiger charge is 2.12. The van der Waals surface area contributed by atoms with Crippen molar-refractivity contribution in [3.8, 4) is 0 Å². The van der Waals surface area contributed by atoms with Gasteiger partial charge in [0.25, 0.3) is 0 Å². The SMILES string of the molecule is C[C@@H](CSCC(N)=O)CC(=O)NCC(=O)NCCCC[C@H](C)C(=O)O. The van der Waals surface area contributed by atoms with E-state index in [1.165, 1.54) is 11.8 Å². The van der Waals surface area contributed by atoms with Gasteiger partial charge in [0.15, 0.2) is 0 Å². The van der Waals surface area contributed by atoms with Crippen molar-refractivity contribution in [1.29, 1.82) is 0 Å². The zero-order valence-electron chi connectivity index (χ0n) is 14.9. The first-order valence-corrected chi connectivity index (χ1v) is 9.50. The zero-order chi connectivity index (χ0) is 19.2. The molecule has 0 unspecified atom stereocenters. The minimum Gasteiger partial charge on any atom is -0.481 e. The maximum Gasteiger partial charge on any atom is 0.306 e. The molecule has 0 bridgehead atoms. The van der Waals surface area contributed by atoms with Crippen molar-refractivity contribution in [1.82, 2.24) is 10.6 Å². The molecule has 3 amide bonds. The Balaban J connectivity index is 3.68. The number of rotatable bonds is 14. The molecule has 0 aromatic carbocycles. The van der Waals surface area contributed by atoms with Gasteiger partial charge in [-0.05, 0) is 24.5 Å². The number of aliphatic carboxylic acids is 1. The lowest BCUT2D eigenvalue weighted by Crippen LogP contribution is -2.37. The van der Waals surface area contributed by atoms with Crippen LogP contribution in [0.1, 0.15) is 39.5 Å². The molecule has 25 heavy (non-hydrogen) atoms. The predicted octanol–water partition coefficient (Wildman–Crippen LogP) is 0.355. The quantitative estimate of drug-likeness (QED) is 0.323. The number of carboxylic acid groups (broad SMARTS) is 1. The molecule has 0 saturated carbocycles. The van der Waals surface area contributed by atoms with Crippen LogP contribution >= 0.6 is 11.8 Å². The van der Waals surface area contributed by atoms with Gasteiger partial charge in [-0.15, -0.1) is 0 Å². The number of thioether (sulfide) groups is 1. The number of primary amides is 1. The maximum atomic E-state index is 11.7. The molecule has 5 N–H and O–H groups in total. The van der Waals surface area contributed by atoms with Gasteiger partial charge < -0.3 is 21.5 Å². The van der Waals surface area contributed by atoms with Crippen molar-refractivity contribution in [3.63, 3.8) is 0 Å². The average Bonchev–Trinajstić information content (AvgIpc) is 2.51. The third-order valence-electron chi connectivity index (χ3n) is 3.43. The van der Waals surface area contributed by atoms with Crippen molar-refractivity contribution >= 4 is 35.5 Å². The van der Waals surface area contributed by atoms with Gasteiger partial charge >= 0.3 is 5.97 Å². The number of carbonyl (C=O) groups is 4. The molecule has 8 nitrogen and oxygen atoms in total. The molecule has 144 valence electrons. The van der Waals surface area contributed by atoms with Crippen LogP contribution in [0.3, 0.4) is 0 Å². The summed E-state index contributed by atoms with van der Waals surface area (Å²) in [6, 6.07) is 0. The Bertz CT molecular complexity index is 459. The van der Waals surface area contributed by atoms with Gasteiger partial charge in [0.05, 0.1) is 18.2 Å². The van der Waals surface area contributed by atoms with Crippen LogP contribution in [0, 0.1) is 11.8 Å². The summed E-state index contributed by atoms with van der Waals surface area (Å²) < 4.78 is 0. The first kappa shape index (κ1) is 23.2. The highest BCUT2D eigenvalue weighted by molar-refractivity contribution is 7.99. The molecule has 0 spiro atoms. The molecule has 0 aromatic heterocycles. The first-order valence-electron chi connectivity index (χ1n) is 8.34. The molecule has 2 atom stereocenters. The number of amides is 3. The van der Waals surface area contributed by atoms with Crippen molar-refractivity contribution < 1.29 is 24.3 Å². The third-order valence-corrected chi connectivity index (χ3v) is 4.73. The van der Waals surface area contributed by atoms with Crippen molar-refractivity contribution in [2.24, 2.45) is 17.6 Å². The van der Waals surface area contributed by atoms with E-state index in [0.29, 0.717) is 25.1 Å². The highest BCUT2D eigenvalue weighted by Crippen LogP contribution is 2.11. The van der Waals surface area contributed by atoms with Gasteiger partial charge in [0.2, 0.25) is 17.7 Å². The molecule has 0 aliphatic heterocycles. The van der Waals surface area contributed by atoms with E-state index in [1.807, 2.05) is 6.92 Å². The number of unbranched alkanes of at least 4 members (excludes halogenated alkanes) is 1. The summed E-state index contributed by atoms with van der Waals surface area (Å²) in [4.78, 5) is 44.6. The molecule has 0 fully saturated rings. The summed E-state index contributed by atoms with van der Waals surface area (Å²) >= 11 is 1.38. The summed E-state index contributed by atoms with van der Waals surface area (Å²) in [7, 11) is 0. The van der Waals surface area contributed by atoms with Crippen molar-refractivity contribution in [2.75, 3.05) is 24.6 Å². The van der Waals surface area contributed by atoms with E-state index in [1.54, 1.807) is 6.92 Å². The molecule has 0 aliphatic carbocycles. The number of nitrogens with one attached hydrogen (secondary N) is 2. The molecule has 9 heteroatoms. The van der Waals surface area contributed by atoms with Crippen LogP contribution in [-0.2, 0) is 19.2 Å². The van der Waals surface area contributed by atoms with Crippen LogP contribution in [0.5, 0.6) is 0 Å². The van der Waals surface area contributed by atoms with E-state index in [0.717, 1.165) is 6.42 Å². The van der Waals surface area contributed by atoms with E-state index in [2.05, 4.69) is 10.6 Å². The Morgan fingerprint density at radius 3 is 2.36 bits per heavy atom. The Morgan fingerprint density at radius 2 is 1.76 bits per heavy atom. The number of hydrogen-bond donors (Lipinski definition) is 4. The maximum absolute atomic E-state index is 11.7. The van der Waals surface area contributed by atoms with Gasteiger partial charge in [-0.2, -0.15) is 11.8 Å². The highest BCUT2D eigenvalue weighted by atomic mass is 32.2. The second-order valence-corrected chi connectivity index (χ2v) is 7.18. The lowest BCUT2D eigenvalue weighted by molar-refractivity contribution is -0.141. The minimum absolute atomic E-state index is 0.0779. The lowest BCUT2D eigenvalue weighted by atomic mass is 10.0. The van der Waals surface area contributed by atoms with Gasteiger partial charge in [0, 0.05) is 13.0 Å². The van der Waals surface area contributed by atoms with Gasteiger partial charge in [0.1, 0.15) is 0 Å². The number of carboxylic acids is 1. The van der Waals surface area contributed by atoms with Crippen LogP contribution in [-0.4, -0.2) is 53.4 Å². The fraction of sp³-hybridized carbons (Fsp3) is 0.750. The number of carbonyl (C=O) groups excluding carboxylic acids is 3. The topological polar surface area (TPSA) is 139 Å². The fourth-order valence-corrected chi connectivity index (χ4v) is 2.82. The molecule has 0 saturated heterocycles. The van der Waals surface area contributed by atoms with Gasteiger partial charge in [-0.1, -0.05) is 20.3 Å². The van der Waals surface area contributed by atoms with E-state index >= 15 is 0 Å². The molecule has 0 aromatic rings. The second-order valence-electron chi connectivity index (χ2n) is 6.15. The summed E-state index contributed by atoms with van der Waals surface area (Å²) in [6.45, 7) is 3.93. The van der Waals surface area contributed by atoms with Crippen LogP contribution in [0.2, 0.25) is 0 Å². The normalized spacial score (nSPS) is 12.9. The molecule has 0 heterocycles. The van der Waals surface area contributed by atoms with Crippen LogP contribution in [0.25, 0.3) is 0 Å². The predicted molar refractivity (Wildman–Crippen MR) is 97.0 cm³/mol. The van der Waals surface area contributed by atoms with E-state index in [4.69, 9.17) is 10.8 Å². The van der Waals surface area contributed by atoms with Crippen LogP contribution < -0.4 is 16.4 Å². The van der Waals surface area contributed by atoms with Crippen molar-refractivity contribution in [2.45, 2.75) is 39.5 Å². The smallest absolute Gasteiger partial charge is 0.306 e. The molecule has 0 rings (SSSR count). The largest absolute Gasteiger partial charge is 0.481 e. The van der Waals surface area contributed by atoms with E-state index in [-0.39, 0.29) is 48.3 Å². The molecular formula is C16H29N3O5S. The Labute approximate surface area is 152 Å². The molecular weight excluding hydrogens is 346 g/mol. The number of nitrogens with two attached hydrogens (primary N) is 1. The summed E-state index contributed by atoms with van der Waals surface area (Å²) in [5.74, 6) is -1.07. The van der Waals surface area contributed by atoms with Crippen molar-refractivity contribution in [3.05, 3.63) is 0 Å². The molecule has 0 radical (unpaired) electrons. The summed E-state index contributed by atoms with van der Waals surface area (Å²) in [5.41, 5.74) is 5.04. The standard InChI is InChI=1S/C16H29N3O5S/c1-11(9-25-10-13(17)20)7-14(21)19-8-15(22)18-6-4-3-5-12(2)16(23)24/h11-12H,3-10H2,1-2H3,(H2,17,20)(H,18,22)(H,19,21)(H,23,24)/t11-,12+/m1/s1. The monoisotopic (exact) mass is 375 g/mol. The van der Waals surface area contributed by atoms with Crippen LogP contribution in [0.15, 0.2) is 0 Å². The minimum atomic E-state index is -0.811. The summed E-state index contributed by atoms with van der Waals surface area (Å²) in [5, 5.41) is 14.0. The molecule has 0 aliphatic rings. The Morgan fingerprint density at radius 1 is 1.08 bits per heavy atom. The second kappa shape index (κ2) is 13.5. The average molecular weight is 375 g/mol. The van der Waals surface area contributed by atoms with Gasteiger partial charge in [-0.25, -0.2) is 0 Å². The zero-order valence-corrected chi connectivity index (χ0v) is 15.7. The number of hydrogen-bond acceptors (Lipinski definition) is 5. The lowest BCUT2D eigenvalue weighted by Gasteiger charge is -2.11. The first-order chi connectivity index (χ1) is 11.7. The van der Waals surface area contributed by atoms with E-state index in [9.17, 15) is 19.2 Å². The Hall–Kier alpha value is -1.77. The summed E-state index contributed by atoms with van der Waals surface area (Å²) in [6.07, 6.45) is 2.28. The fourth-order valence-electron chi connectivity index (χ4n) is 1.98. The van der Waals surface area contributed by atoms with Gasteiger partial charge in [-0.3, -0.25) is 19.2 Å². The third kappa shape index (κ3) is 14.3. The Kier molecular flexibility index (Phi) is 12.6. The van der Waals surface area contributed by atoms with E-state index < -0.39 is 5.97 Å². The van der Waals surface area contributed by atoms with Crippen LogP contribution in [0.4, 0.5) is 0 Å².